The van der Waals surface area contributed by atoms with Gasteiger partial charge >= 0.3 is 0 Å². The molecule has 0 radical (unpaired) electrons. The van der Waals surface area contributed by atoms with Crippen LogP contribution in [0.4, 0.5) is 5.69 Å². The summed E-state index contributed by atoms with van der Waals surface area (Å²) in [5, 5.41) is 15.2. The van der Waals surface area contributed by atoms with Gasteiger partial charge in [-0.3, -0.25) is 10.1 Å². The number of rotatable bonds is 7. The zero-order chi connectivity index (χ0) is 22.4. The Balaban J connectivity index is 1.68. The van der Waals surface area contributed by atoms with Crippen LogP contribution in [0.15, 0.2) is 52.9 Å². The highest BCUT2D eigenvalue weighted by atomic mass is 35.5. The second kappa shape index (κ2) is 10.3. The number of carbonyl (C=O) groups excluding carboxylic acids is 1. The monoisotopic (exact) mass is 460 g/mol. The molecule has 3 N–H and O–H groups in total. The second-order valence-corrected chi connectivity index (χ2v) is 7.14. The van der Waals surface area contributed by atoms with Crippen molar-refractivity contribution in [1.82, 2.24) is 5.32 Å². The maximum atomic E-state index is 12.5. The molecule has 1 heterocycles. The third-order valence-electron chi connectivity index (χ3n) is 4.26. The first-order valence-electron chi connectivity index (χ1n) is 9.37. The molecular formula is C22H21ClN2O5S. The lowest BCUT2D eigenvalue weighted by atomic mass is 10.1. The lowest BCUT2D eigenvalue weighted by molar-refractivity contribution is 0.0977. The third kappa shape index (κ3) is 5.55. The fourth-order valence-corrected chi connectivity index (χ4v) is 3.28. The van der Waals surface area contributed by atoms with Crippen LogP contribution in [0.25, 0.3) is 11.3 Å². The van der Waals surface area contributed by atoms with Gasteiger partial charge in [0.2, 0.25) is 0 Å². The Labute approximate surface area is 189 Å². The predicted molar refractivity (Wildman–Crippen MR) is 123 cm³/mol. The van der Waals surface area contributed by atoms with Gasteiger partial charge in [0, 0.05) is 17.3 Å². The summed E-state index contributed by atoms with van der Waals surface area (Å²) in [6, 6.07) is 13.5. The molecule has 1 aromatic heterocycles. The van der Waals surface area contributed by atoms with Crippen molar-refractivity contribution in [3.8, 4) is 22.8 Å². The number of amides is 1. The van der Waals surface area contributed by atoms with Crippen LogP contribution in [0.3, 0.4) is 0 Å². The largest absolute Gasteiger partial charge is 0.496 e. The number of carbonyl (C=O) groups is 1. The zero-order valence-electron chi connectivity index (χ0n) is 16.9. The van der Waals surface area contributed by atoms with Gasteiger partial charge in [0.1, 0.15) is 29.6 Å². The second-order valence-electron chi connectivity index (χ2n) is 6.33. The molecule has 0 atom stereocenters. The van der Waals surface area contributed by atoms with Crippen molar-refractivity contribution >= 4 is 40.5 Å². The van der Waals surface area contributed by atoms with Crippen LogP contribution in [0.2, 0.25) is 5.02 Å². The summed E-state index contributed by atoms with van der Waals surface area (Å²) in [6.07, 6.45) is 0. The van der Waals surface area contributed by atoms with Gasteiger partial charge in [-0.05, 0) is 61.6 Å². The molecule has 0 fully saturated rings. The van der Waals surface area contributed by atoms with E-state index in [9.17, 15) is 9.90 Å². The first-order valence-corrected chi connectivity index (χ1v) is 10.2. The van der Waals surface area contributed by atoms with Crippen molar-refractivity contribution in [3.63, 3.8) is 0 Å². The Bertz CT molecular complexity index is 1100. The predicted octanol–water partition coefficient (Wildman–Crippen LogP) is 4.63. The first-order chi connectivity index (χ1) is 14.9. The van der Waals surface area contributed by atoms with Crippen molar-refractivity contribution in [1.29, 1.82) is 0 Å². The van der Waals surface area contributed by atoms with Crippen molar-refractivity contribution in [2.45, 2.75) is 13.5 Å². The number of thiocarbonyl (C=S) groups is 1. The van der Waals surface area contributed by atoms with Gasteiger partial charge in [-0.15, -0.1) is 0 Å². The van der Waals surface area contributed by atoms with E-state index in [1.54, 1.807) is 42.5 Å². The van der Waals surface area contributed by atoms with Crippen LogP contribution in [0, 0.1) is 0 Å². The minimum absolute atomic E-state index is 0.116. The van der Waals surface area contributed by atoms with Gasteiger partial charge in [-0.25, -0.2) is 0 Å². The van der Waals surface area contributed by atoms with Crippen LogP contribution in [-0.2, 0) is 6.61 Å². The number of nitrogens with one attached hydrogen (secondary N) is 2. The lowest BCUT2D eigenvalue weighted by Crippen LogP contribution is -2.34. The number of benzene rings is 2. The molecule has 2 aromatic carbocycles. The quantitative estimate of drug-likeness (QED) is 0.443. The van der Waals surface area contributed by atoms with Gasteiger partial charge in [0.05, 0.1) is 24.3 Å². The van der Waals surface area contributed by atoms with Gasteiger partial charge < -0.3 is 24.3 Å². The molecule has 3 rings (SSSR count). The van der Waals surface area contributed by atoms with Gasteiger partial charge in [0.25, 0.3) is 5.91 Å². The van der Waals surface area contributed by atoms with Crippen LogP contribution < -0.4 is 20.1 Å². The number of hydrogen-bond acceptors (Lipinski definition) is 6. The summed E-state index contributed by atoms with van der Waals surface area (Å²) in [6.45, 7) is 2.14. The Morgan fingerprint density at radius 1 is 1.16 bits per heavy atom. The molecule has 31 heavy (non-hydrogen) atoms. The third-order valence-corrected chi connectivity index (χ3v) is 4.76. The summed E-state index contributed by atoms with van der Waals surface area (Å²) in [7, 11) is 1.54. The molecule has 0 aliphatic heterocycles. The summed E-state index contributed by atoms with van der Waals surface area (Å²) in [4.78, 5) is 12.5. The summed E-state index contributed by atoms with van der Waals surface area (Å²) in [5.41, 5.74) is 1.68. The Morgan fingerprint density at radius 3 is 2.61 bits per heavy atom. The van der Waals surface area contributed by atoms with Crippen molar-refractivity contribution in [2.24, 2.45) is 0 Å². The Hall–Kier alpha value is -3.07. The van der Waals surface area contributed by atoms with E-state index < -0.39 is 5.91 Å². The summed E-state index contributed by atoms with van der Waals surface area (Å²) in [5.74, 6) is 1.67. The van der Waals surface area contributed by atoms with E-state index in [-0.39, 0.29) is 11.7 Å². The average molecular weight is 461 g/mol. The number of methoxy groups -OCH3 is 1. The van der Waals surface area contributed by atoms with Gasteiger partial charge in [-0.2, -0.15) is 0 Å². The standard InChI is InChI=1S/C22H21ClN2O5S/c1-3-29-19-8-4-13(10-17(19)23)21(27)25-22(31)24-14-5-7-16(20(11-14)28-2)18-9-6-15(12-26)30-18/h4-11,26H,3,12H2,1-2H3,(H2,24,25,27,31). The number of halogens is 1. The summed E-state index contributed by atoms with van der Waals surface area (Å²) >= 11 is 11.4. The zero-order valence-corrected chi connectivity index (χ0v) is 18.5. The Kier molecular flexibility index (Phi) is 7.51. The molecule has 0 aliphatic carbocycles. The number of aliphatic hydroxyl groups excluding tert-OH is 1. The number of ether oxygens (including phenoxy) is 2. The lowest BCUT2D eigenvalue weighted by Gasteiger charge is -2.13. The van der Waals surface area contributed by atoms with Crippen LogP contribution in [-0.4, -0.2) is 29.8 Å². The maximum Gasteiger partial charge on any atom is 0.257 e. The molecule has 162 valence electrons. The van der Waals surface area contributed by atoms with E-state index >= 15 is 0 Å². The fraction of sp³-hybridized carbons (Fsp3) is 0.182. The molecule has 0 bridgehead atoms. The highest BCUT2D eigenvalue weighted by molar-refractivity contribution is 7.80. The van der Waals surface area contributed by atoms with Crippen LogP contribution >= 0.6 is 23.8 Å². The van der Waals surface area contributed by atoms with E-state index in [2.05, 4.69) is 10.6 Å². The molecular weight excluding hydrogens is 440 g/mol. The molecule has 9 heteroatoms. The van der Waals surface area contributed by atoms with E-state index in [0.717, 1.165) is 0 Å². The molecule has 3 aromatic rings. The molecule has 0 aliphatic rings. The van der Waals surface area contributed by atoms with E-state index in [4.69, 9.17) is 37.7 Å². The van der Waals surface area contributed by atoms with Crippen LogP contribution in [0.5, 0.6) is 11.5 Å². The molecule has 1 amide bonds. The first kappa shape index (κ1) is 22.6. The van der Waals surface area contributed by atoms with E-state index in [1.807, 2.05) is 6.92 Å². The van der Waals surface area contributed by atoms with Gasteiger partial charge in [-0.1, -0.05) is 11.6 Å². The van der Waals surface area contributed by atoms with Crippen molar-refractivity contribution < 1.29 is 23.8 Å². The van der Waals surface area contributed by atoms with Gasteiger partial charge in [0.15, 0.2) is 5.11 Å². The molecule has 0 unspecified atom stereocenters. The fourth-order valence-electron chi connectivity index (χ4n) is 2.83. The maximum absolute atomic E-state index is 12.5. The highest BCUT2D eigenvalue weighted by Crippen LogP contribution is 2.33. The Morgan fingerprint density at radius 2 is 1.97 bits per heavy atom. The number of hydrogen-bond donors (Lipinski definition) is 3. The number of furan rings is 1. The van der Waals surface area contributed by atoms with E-state index in [0.29, 0.717) is 51.5 Å². The smallest absolute Gasteiger partial charge is 0.257 e. The SMILES string of the molecule is CCOc1ccc(C(=O)NC(=S)Nc2ccc(-c3ccc(CO)o3)c(OC)c2)cc1Cl. The summed E-state index contributed by atoms with van der Waals surface area (Å²) < 4.78 is 16.4. The minimum atomic E-state index is -0.404. The highest BCUT2D eigenvalue weighted by Gasteiger charge is 2.14. The molecule has 0 spiro atoms. The molecule has 0 saturated heterocycles. The number of anilines is 1. The average Bonchev–Trinajstić information content (AvgIpc) is 3.24. The topological polar surface area (TPSA) is 93.0 Å². The van der Waals surface area contributed by atoms with E-state index in [1.165, 1.54) is 13.2 Å². The minimum Gasteiger partial charge on any atom is -0.496 e. The molecule has 7 nitrogen and oxygen atoms in total. The normalized spacial score (nSPS) is 10.5. The van der Waals surface area contributed by atoms with Crippen molar-refractivity contribution in [3.05, 3.63) is 64.9 Å². The van der Waals surface area contributed by atoms with Crippen molar-refractivity contribution in [2.75, 3.05) is 19.0 Å². The molecule has 0 saturated carbocycles. The van der Waals surface area contributed by atoms with Crippen LogP contribution in [0.1, 0.15) is 23.0 Å². The number of aliphatic hydroxyl groups is 1.